The number of aliphatic hydroxyl groups excluding tert-OH is 2. The van der Waals surface area contributed by atoms with Crippen LogP contribution in [0.2, 0.25) is 0 Å². The van der Waals surface area contributed by atoms with Crippen LogP contribution in [-0.2, 0) is 9.59 Å². The Morgan fingerprint density at radius 3 is 2.48 bits per heavy atom. The highest BCUT2D eigenvalue weighted by molar-refractivity contribution is 6.01. The molecule has 4 nitrogen and oxygen atoms in total. The second-order valence-corrected chi connectivity index (χ2v) is 11.8. The first-order chi connectivity index (χ1) is 14.5. The Labute approximate surface area is 188 Å². The van der Waals surface area contributed by atoms with Gasteiger partial charge in [0.1, 0.15) is 6.29 Å². The van der Waals surface area contributed by atoms with Gasteiger partial charge in [0.25, 0.3) is 0 Å². The van der Waals surface area contributed by atoms with Crippen molar-refractivity contribution >= 4 is 12.1 Å². The molecule has 0 amide bonds. The van der Waals surface area contributed by atoms with Crippen LogP contribution in [-0.4, -0.2) is 34.5 Å². The van der Waals surface area contributed by atoms with Crippen molar-refractivity contribution in [1.82, 2.24) is 0 Å². The summed E-state index contributed by atoms with van der Waals surface area (Å²) in [5, 5.41) is 21.1. The van der Waals surface area contributed by atoms with Gasteiger partial charge >= 0.3 is 0 Å². The molecule has 8 atom stereocenters. The third kappa shape index (κ3) is 4.57. The minimum Gasteiger partial charge on any atom is -0.393 e. The summed E-state index contributed by atoms with van der Waals surface area (Å²) in [7, 11) is 0. The third-order valence-corrected chi connectivity index (χ3v) is 9.32. The molecule has 176 valence electrons. The molecule has 0 aromatic heterocycles. The Morgan fingerprint density at radius 2 is 1.84 bits per heavy atom. The van der Waals surface area contributed by atoms with Gasteiger partial charge in [-0.2, -0.15) is 0 Å². The van der Waals surface area contributed by atoms with Crippen LogP contribution in [0.15, 0.2) is 11.6 Å². The van der Waals surface area contributed by atoms with E-state index in [1.165, 1.54) is 12.8 Å². The standard InChI is InChI=1S/C27H44O4/c1-17(2)7-6-8-18(3)21-9-10-22(26(21,4)13-14-28)20-16-24(30)23-15-19(29)11-12-27(23,5)25(20)31/h14,16-19,21-24,29-30H,6-13,15H2,1-5H3/t18-,19+,21-,22+,23+,24+,26-,27+/m1/s1. The van der Waals surface area contributed by atoms with E-state index in [1.807, 2.05) is 6.92 Å². The van der Waals surface area contributed by atoms with Gasteiger partial charge in [-0.05, 0) is 72.8 Å². The predicted molar refractivity (Wildman–Crippen MR) is 123 cm³/mol. The number of allylic oxidation sites excluding steroid dienone is 1. The third-order valence-electron chi connectivity index (χ3n) is 9.32. The second kappa shape index (κ2) is 9.47. The summed E-state index contributed by atoms with van der Waals surface area (Å²) >= 11 is 0. The van der Waals surface area contributed by atoms with Crippen LogP contribution in [0.25, 0.3) is 0 Å². The predicted octanol–water partition coefficient (Wildman–Crippen LogP) is 5.11. The minimum atomic E-state index is -0.698. The van der Waals surface area contributed by atoms with E-state index in [0.717, 1.165) is 31.1 Å². The maximum atomic E-state index is 13.8. The van der Waals surface area contributed by atoms with Gasteiger partial charge in [-0.15, -0.1) is 0 Å². The zero-order valence-electron chi connectivity index (χ0n) is 20.3. The van der Waals surface area contributed by atoms with Gasteiger partial charge in [-0.25, -0.2) is 0 Å². The van der Waals surface area contributed by atoms with Crippen LogP contribution in [0.4, 0.5) is 0 Å². The lowest BCUT2D eigenvalue weighted by Gasteiger charge is -2.49. The molecule has 0 bridgehead atoms. The maximum Gasteiger partial charge on any atom is 0.165 e. The summed E-state index contributed by atoms with van der Waals surface area (Å²) in [5.74, 6) is 1.62. The van der Waals surface area contributed by atoms with Gasteiger partial charge in [0, 0.05) is 17.8 Å². The molecule has 0 saturated heterocycles. The van der Waals surface area contributed by atoms with Crippen molar-refractivity contribution in [3.8, 4) is 0 Å². The Morgan fingerprint density at radius 1 is 1.13 bits per heavy atom. The van der Waals surface area contributed by atoms with Crippen LogP contribution >= 0.6 is 0 Å². The highest BCUT2D eigenvalue weighted by Gasteiger charge is 2.56. The first-order valence-corrected chi connectivity index (χ1v) is 12.6. The monoisotopic (exact) mass is 432 g/mol. The number of aliphatic hydroxyl groups is 2. The van der Waals surface area contributed by atoms with E-state index in [2.05, 4.69) is 27.7 Å². The summed E-state index contributed by atoms with van der Waals surface area (Å²) in [6, 6.07) is 0. The van der Waals surface area contributed by atoms with Crippen LogP contribution in [0, 0.1) is 40.4 Å². The average molecular weight is 433 g/mol. The number of Topliss-reactive ketones (excluding diaryl/α,β-unsaturated/α-hetero) is 1. The molecule has 0 aliphatic heterocycles. The van der Waals surface area contributed by atoms with E-state index in [-0.39, 0.29) is 23.0 Å². The van der Waals surface area contributed by atoms with Crippen molar-refractivity contribution in [3.63, 3.8) is 0 Å². The molecule has 2 N–H and O–H groups in total. The fraction of sp³-hybridized carbons (Fsp3) is 0.852. The van der Waals surface area contributed by atoms with Gasteiger partial charge < -0.3 is 15.0 Å². The summed E-state index contributed by atoms with van der Waals surface area (Å²) in [6.45, 7) is 11.0. The number of carbonyl (C=O) groups excluding carboxylic acids is 2. The maximum absolute atomic E-state index is 13.8. The largest absolute Gasteiger partial charge is 0.393 e. The van der Waals surface area contributed by atoms with E-state index in [9.17, 15) is 19.8 Å². The molecule has 3 aliphatic carbocycles. The SMILES string of the molecule is CC(C)CCC[C@@H](C)[C@H]1CC[C@@H](C2=C[C@H](O)[C@@H]3C[C@@H](O)CC[C@]3(C)C2=O)[C@]1(C)CC=O. The molecule has 0 aromatic rings. The fourth-order valence-electron chi connectivity index (χ4n) is 7.33. The molecule has 2 saturated carbocycles. The highest BCUT2D eigenvalue weighted by atomic mass is 16.3. The van der Waals surface area contributed by atoms with E-state index in [1.54, 1.807) is 6.08 Å². The molecule has 0 spiro atoms. The number of fused-ring (bicyclic) bond motifs is 1. The van der Waals surface area contributed by atoms with Gasteiger partial charge in [-0.3, -0.25) is 4.79 Å². The quantitative estimate of drug-likeness (QED) is 0.523. The van der Waals surface area contributed by atoms with Gasteiger partial charge in [0.15, 0.2) is 5.78 Å². The van der Waals surface area contributed by atoms with Crippen LogP contribution in [0.3, 0.4) is 0 Å². The van der Waals surface area contributed by atoms with Crippen LogP contribution in [0.5, 0.6) is 0 Å². The Hall–Kier alpha value is -1.00. The second-order valence-electron chi connectivity index (χ2n) is 11.8. The number of aldehydes is 1. The van der Waals surface area contributed by atoms with Crippen molar-refractivity contribution in [1.29, 1.82) is 0 Å². The fourth-order valence-corrected chi connectivity index (χ4v) is 7.33. The molecule has 0 heterocycles. The molecule has 2 fully saturated rings. The zero-order valence-corrected chi connectivity index (χ0v) is 20.3. The number of rotatable bonds is 8. The van der Waals surface area contributed by atoms with Gasteiger partial charge in [0.05, 0.1) is 12.2 Å². The lowest BCUT2D eigenvalue weighted by atomic mass is 9.55. The van der Waals surface area contributed by atoms with Crippen LogP contribution in [0.1, 0.15) is 92.4 Å². The molecule has 0 radical (unpaired) electrons. The highest BCUT2D eigenvalue weighted by Crippen LogP contribution is 2.59. The van der Waals surface area contributed by atoms with Crippen molar-refractivity contribution in [2.24, 2.45) is 40.4 Å². The first-order valence-electron chi connectivity index (χ1n) is 12.6. The summed E-state index contributed by atoms with van der Waals surface area (Å²) in [5.41, 5.74) is -0.0764. The van der Waals surface area contributed by atoms with E-state index in [4.69, 9.17) is 0 Å². The van der Waals surface area contributed by atoms with Crippen molar-refractivity contribution in [2.45, 2.75) is 105 Å². The summed E-state index contributed by atoms with van der Waals surface area (Å²) in [4.78, 5) is 25.5. The molecule has 0 unspecified atom stereocenters. The lowest BCUT2D eigenvalue weighted by molar-refractivity contribution is -0.138. The number of hydrogen-bond donors (Lipinski definition) is 2. The molecule has 31 heavy (non-hydrogen) atoms. The van der Waals surface area contributed by atoms with Crippen LogP contribution < -0.4 is 0 Å². The molecule has 4 heteroatoms. The minimum absolute atomic E-state index is 0.0297. The molecule has 0 aromatic carbocycles. The topological polar surface area (TPSA) is 74.6 Å². The van der Waals surface area contributed by atoms with E-state index < -0.39 is 17.6 Å². The van der Waals surface area contributed by atoms with E-state index in [0.29, 0.717) is 43.4 Å². The summed E-state index contributed by atoms with van der Waals surface area (Å²) < 4.78 is 0. The lowest BCUT2D eigenvalue weighted by Crippen LogP contribution is -2.52. The Bertz CT molecular complexity index is 697. The van der Waals surface area contributed by atoms with E-state index >= 15 is 0 Å². The number of carbonyl (C=O) groups is 2. The average Bonchev–Trinajstić information content (AvgIpc) is 3.03. The number of hydrogen-bond acceptors (Lipinski definition) is 4. The van der Waals surface area contributed by atoms with Gasteiger partial charge in [0.2, 0.25) is 0 Å². The molecular weight excluding hydrogens is 388 g/mol. The van der Waals surface area contributed by atoms with Crippen molar-refractivity contribution in [3.05, 3.63) is 11.6 Å². The Kier molecular flexibility index (Phi) is 7.53. The normalized spacial score (nSPS) is 41.7. The summed E-state index contributed by atoms with van der Waals surface area (Å²) in [6.07, 6.45) is 9.45. The number of ketones is 1. The molecular formula is C27H44O4. The van der Waals surface area contributed by atoms with Crippen molar-refractivity contribution < 1.29 is 19.8 Å². The van der Waals surface area contributed by atoms with Crippen molar-refractivity contribution in [2.75, 3.05) is 0 Å². The smallest absolute Gasteiger partial charge is 0.165 e. The Balaban J connectivity index is 1.86. The molecule has 3 rings (SSSR count). The van der Waals surface area contributed by atoms with Gasteiger partial charge in [-0.1, -0.05) is 53.9 Å². The zero-order chi connectivity index (χ0) is 23.0. The molecule has 3 aliphatic rings. The first kappa shape index (κ1) is 24.6.